The maximum atomic E-state index is 13.0. The van der Waals surface area contributed by atoms with Gasteiger partial charge in [0.05, 0.1) is 12.2 Å². The Morgan fingerprint density at radius 3 is 2.78 bits per heavy atom. The van der Waals surface area contributed by atoms with Crippen molar-refractivity contribution in [2.75, 3.05) is 26.3 Å². The summed E-state index contributed by atoms with van der Waals surface area (Å²) in [6.45, 7) is 4.37. The van der Waals surface area contributed by atoms with Crippen molar-refractivity contribution >= 4 is 10.0 Å². The summed E-state index contributed by atoms with van der Waals surface area (Å²) in [4.78, 5) is 0.275. The van der Waals surface area contributed by atoms with Gasteiger partial charge in [-0.15, -0.1) is 0 Å². The molecule has 2 saturated heterocycles. The summed E-state index contributed by atoms with van der Waals surface area (Å²) in [6.07, 6.45) is 6.77. The van der Waals surface area contributed by atoms with E-state index in [1.54, 1.807) is 15.2 Å². The molecule has 2 aliphatic heterocycles. The van der Waals surface area contributed by atoms with Crippen LogP contribution >= 0.6 is 0 Å². The molecule has 0 bridgehead atoms. The fourth-order valence-corrected chi connectivity index (χ4v) is 5.31. The van der Waals surface area contributed by atoms with Gasteiger partial charge in [-0.1, -0.05) is 6.92 Å². The highest BCUT2D eigenvalue weighted by atomic mass is 32.2. The molecular formula is C15H26N4O3S. The summed E-state index contributed by atoms with van der Waals surface area (Å²) in [5.41, 5.74) is 5.84. The van der Waals surface area contributed by atoms with Gasteiger partial charge in [-0.3, -0.25) is 4.68 Å². The maximum Gasteiger partial charge on any atom is 0.246 e. The van der Waals surface area contributed by atoms with Crippen LogP contribution in [-0.4, -0.2) is 54.8 Å². The monoisotopic (exact) mass is 342 g/mol. The van der Waals surface area contributed by atoms with Gasteiger partial charge in [0.1, 0.15) is 4.90 Å². The number of ether oxygens (including phenoxy) is 1. The van der Waals surface area contributed by atoms with E-state index >= 15 is 0 Å². The van der Waals surface area contributed by atoms with Crippen molar-refractivity contribution in [3.8, 4) is 0 Å². The van der Waals surface area contributed by atoms with Crippen molar-refractivity contribution in [3.63, 3.8) is 0 Å². The van der Waals surface area contributed by atoms with Crippen molar-refractivity contribution in [2.45, 2.75) is 49.6 Å². The van der Waals surface area contributed by atoms with Crippen molar-refractivity contribution in [1.82, 2.24) is 14.1 Å². The number of piperidine rings is 1. The van der Waals surface area contributed by atoms with Gasteiger partial charge in [0.15, 0.2) is 0 Å². The van der Waals surface area contributed by atoms with Crippen LogP contribution in [0.2, 0.25) is 0 Å². The van der Waals surface area contributed by atoms with Gasteiger partial charge >= 0.3 is 0 Å². The molecule has 2 unspecified atom stereocenters. The first-order valence-corrected chi connectivity index (χ1v) is 9.82. The van der Waals surface area contributed by atoms with Crippen LogP contribution in [0.3, 0.4) is 0 Å². The number of nitrogens with zero attached hydrogens (tertiary/aromatic N) is 3. The van der Waals surface area contributed by atoms with E-state index in [2.05, 4.69) is 12.0 Å². The van der Waals surface area contributed by atoms with Crippen molar-refractivity contribution < 1.29 is 13.2 Å². The van der Waals surface area contributed by atoms with E-state index in [0.29, 0.717) is 26.3 Å². The molecule has 2 N–H and O–H groups in total. The molecule has 3 rings (SSSR count). The Morgan fingerprint density at radius 1 is 1.35 bits per heavy atom. The summed E-state index contributed by atoms with van der Waals surface area (Å²) in [5.74, 6) is 0.286. The van der Waals surface area contributed by atoms with E-state index in [0.717, 1.165) is 25.7 Å². The van der Waals surface area contributed by atoms with Crippen LogP contribution in [0.15, 0.2) is 17.3 Å². The number of sulfonamides is 1. The van der Waals surface area contributed by atoms with E-state index in [1.807, 2.05) is 0 Å². The smallest absolute Gasteiger partial charge is 0.246 e. The molecule has 3 heterocycles. The molecule has 1 aromatic rings. The molecule has 0 saturated carbocycles. The van der Waals surface area contributed by atoms with E-state index in [9.17, 15) is 8.42 Å². The Bertz CT molecular complexity index is 624. The first-order chi connectivity index (χ1) is 11.0. The highest BCUT2D eigenvalue weighted by Crippen LogP contribution is 2.29. The predicted octanol–water partition coefficient (Wildman–Crippen LogP) is 0.983. The lowest BCUT2D eigenvalue weighted by Gasteiger charge is -2.38. The zero-order valence-corrected chi connectivity index (χ0v) is 14.4. The lowest BCUT2D eigenvalue weighted by Crippen LogP contribution is -2.51. The minimum atomic E-state index is -3.54. The molecule has 1 aromatic heterocycles. The first kappa shape index (κ1) is 16.9. The van der Waals surface area contributed by atoms with Crippen molar-refractivity contribution in [3.05, 3.63) is 12.4 Å². The average Bonchev–Trinajstić information content (AvgIpc) is 3.06. The fraction of sp³-hybridized carbons (Fsp3) is 0.800. The molecule has 0 aliphatic carbocycles. The van der Waals surface area contributed by atoms with Crippen LogP contribution in [0.4, 0.5) is 0 Å². The molecule has 23 heavy (non-hydrogen) atoms. The Labute approximate surface area is 137 Å². The van der Waals surface area contributed by atoms with E-state index < -0.39 is 10.0 Å². The third kappa shape index (κ3) is 3.31. The molecule has 2 fully saturated rings. The molecule has 130 valence electrons. The molecule has 0 radical (unpaired) electrons. The van der Waals surface area contributed by atoms with Crippen LogP contribution in [0, 0.1) is 5.92 Å². The van der Waals surface area contributed by atoms with Gasteiger partial charge in [-0.05, 0) is 31.6 Å². The van der Waals surface area contributed by atoms with Gasteiger partial charge in [-0.25, -0.2) is 8.42 Å². The Kier molecular flexibility index (Phi) is 5.05. The highest BCUT2D eigenvalue weighted by molar-refractivity contribution is 7.89. The van der Waals surface area contributed by atoms with Gasteiger partial charge in [0, 0.05) is 38.5 Å². The average molecular weight is 342 g/mol. The largest absolute Gasteiger partial charge is 0.381 e. The normalized spacial score (nSPS) is 28.1. The molecule has 0 amide bonds. The maximum absolute atomic E-state index is 13.0. The SMILES string of the molecule is CC1CCCN(S(=O)(=O)c2cnn(C3CCOCC3)c2)C1CN. The molecule has 8 heteroatoms. The minimum Gasteiger partial charge on any atom is -0.381 e. The highest BCUT2D eigenvalue weighted by Gasteiger charge is 2.37. The molecule has 0 spiro atoms. The van der Waals surface area contributed by atoms with Gasteiger partial charge < -0.3 is 10.5 Å². The fourth-order valence-electron chi connectivity index (χ4n) is 3.60. The van der Waals surface area contributed by atoms with Crippen LogP contribution in [0.1, 0.15) is 38.6 Å². The lowest BCUT2D eigenvalue weighted by molar-refractivity contribution is 0.0662. The molecule has 0 aromatic carbocycles. The third-order valence-electron chi connectivity index (χ3n) is 5.06. The van der Waals surface area contributed by atoms with Gasteiger partial charge in [0.2, 0.25) is 10.0 Å². The van der Waals surface area contributed by atoms with Crippen molar-refractivity contribution in [1.29, 1.82) is 0 Å². The van der Waals surface area contributed by atoms with E-state index in [1.165, 1.54) is 6.20 Å². The van der Waals surface area contributed by atoms with Crippen LogP contribution in [0.25, 0.3) is 0 Å². The number of aromatic nitrogens is 2. The van der Waals surface area contributed by atoms with Crippen LogP contribution < -0.4 is 5.73 Å². The topological polar surface area (TPSA) is 90.5 Å². The Balaban J connectivity index is 1.83. The second kappa shape index (κ2) is 6.88. The standard InChI is InChI=1S/C15H26N4O3S/c1-12-3-2-6-19(15(12)9-16)23(20,21)14-10-17-18(11-14)13-4-7-22-8-5-13/h10-13,15H,2-9,16H2,1H3. The molecule has 2 atom stereocenters. The second-order valence-electron chi connectivity index (χ2n) is 6.54. The zero-order valence-electron chi connectivity index (χ0n) is 13.6. The summed E-state index contributed by atoms with van der Waals surface area (Å²) < 4.78 is 34.7. The van der Waals surface area contributed by atoms with Crippen molar-refractivity contribution in [2.24, 2.45) is 11.7 Å². The number of nitrogens with two attached hydrogens (primary N) is 1. The summed E-state index contributed by atoms with van der Waals surface area (Å²) in [6, 6.07) is 0.0958. The minimum absolute atomic E-state index is 0.125. The first-order valence-electron chi connectivity index (χ1n) is 8.38. The van der Waals surface area contributed by atoms with E-state index in [-0.39, 0.29) is 22.9 Å². The predicted molar refractivity (Wildman–Crippen MR) is 86.4 cm³/mol. The summed E-state index contributed by atoms with van der Waals surface area (Å²) in [7, 11) is -3.54. The zero-order chi connectivity index (χ0) is 16.4. The Hall–Kier alpha value is -0.960. The molecule has 2 aliphatic rings. The summed E-state index contributed by atoms with van der Waals surface area (Å²) >= 11 is 0. The second-order valence-corrected chi connectivity index (χ2v) is 8.43. The quantitative estimate of drug-likeness (QED) is 0.881. The van der Waals surface area contributed by atoms with Gasteiger partial charge in [0.25, 0.3) is 0 Å². The van der Waals surface area contributed by atoms with Gasteiger partial charge in [-0.2, -0.15) is 9.40 Å². The Morgan fingerprint density at radius 2 is 2.09 bits per heavy atom. The third-order valence-corrected chi connectivity index (χ3v) is 6.93. The van der Waals surface area contributed by atoms with Crippen LogP contribution in [0.5, 0.6) is 0 Å². The number of rotatable bonds is 4. The molecule has 7 nitrogen and oxygen atoms in total. The summed E-state index contributed by atoms with van der Waals surface area (Å²) in [5, 5.41) is 4.29. The van der Waals surface area contributed by atoms with Crippen LogP contribution in [-0.2, 0) is 14.8 Å². The number of hydrogen-bond donors (Lipinski definition) is 1. The number of hydrogen-bond acceptors (Lipinski definition) is 5. The lowest BCUT2D eigenvalue weighted by atomic mass is 9.93. The molecular weight excluding hydrogens is 316 g/mol. The van der Waals surface area contributed by atoms with E-state index in [4.69, 9.17) is 10.5 Å².